The maximum absolute atomic E-state index is 8.73. The van der Waals surface area contributed by atoms with Crippen molar-refractivity contribution in [3.8, 4) is 11.9 Å². The molecule has 3 rings (SSSR count). The van der Waals surface area contributed by atoms with E-state index in [2.05, 4.69) is 11.1 Å². The average Bonchev–Trinajstić information content (AvgIpc) is 2.83. The fourth-order valence-corrected chi connectivity index (χ4v) is 2.39. The van der Waals surface area contributed by atoms with Gasteiger partial charge in [0.15, 0.2) is 0 Å². The minimum atomic E-state index is 0.721. The number of nitrogens with zero attached hydrogens (tertiary/aromatic N) is 2. The van der Waals surface area contributed by atoms with Crippen LogP contribution in [-0.2, 0) is 12.8 Å². The highest BCUT2D eigenvalue weighted by atomic mass is 16.5. The molecule has 1 aliphatic heterocycles. The van der Waals surface area contributed by atoms with Crippen molar-refractivity contribution in [2.24, 2.45) is 0 Å². The third kappa shape index (κ3) is 1.15. The smallest absolute Gasteiger partial charge is 0.217 e. The monoisotopic (exact) mass is 198 g/mol. The molecule has 3 nitrogen and oxygen atoms in total. The Labute approximate surface area is 88.0 Å². The van der Waals surface area contributed by atoms with Crippen LogP contribution in [0.3, 0.4) is 0 Å². The molecule has 0 atom stereocenters. The lowest BCUT2D eigenvalue weighted by Crippen LogP contribution is -1.91. The second kappa shape index (κ2) is 3.09. The third-order valence-electron chi connectivity index (χ3n) is 3.03. The van der Waals surface area contributed by atoms with Gasteiger partial charge in [0, 0.05) is 24.3 Å². The summed E-state index contributed by atoms with van der Waals surface area (Å²) < 4.78 is 5.43. The molecule has 0 saturated heterocycles. The second-order valence-corrected chi connectivity index (χ2v) is 3.84. The SMILES string of the molecule is N#CC=C1CCc2cnc3c(c21)CCO3. The molecule has 0 bridgehead atoms. The summed E-state index contributed by atoms with van der Waals surface area (Å²) >= 11 is 0. The first-order chi connectivity index (χ1) is 7.40. The largest absolute Gasteiger partial charge is 0.477 e. The summed E-state index contributed by atoms with van der Waals surface area (Å²) in [4.78, 5) is 4.29. The second-order valence-electron chi connectivity index (χ2n) is 3.84. The molecule has 0 fully saturated rings. The number of hydrogen-bond donors (Lipinski definition) is 0. The van der Waals surface area contributed by atoms with Crippen molar-refractivity contribution in [2.45, 2.75) is 19.3 Å². The van der Waals surface area contributed by atoms with E-state index in [1.54, 1.807) is 6.08 Å². The summed E-state index contributed by atoms with van der Waals surface area (Å²) in [6, 6.07) is 2.12. The molecule has 0 radical (unpaired) electrons. The summed E-state index contributed by atoms with van der Waals surface area (Å²) in [5, 5.41) is 8.73. The summed E-state index contributed by atoms with van der Waals surface area (Å²) in [6.07, 6.45) is 6.43. The lowest BCUT2D eigenvalue weighted by atomic mass is 10.0. The number of nitriles is 1. The molecule has 15 heavy (non-hydrogen) atoms. The molecular formula is C12H10N2O. The van der Waals surface area contributed by atoms with Gasteiger partial charge in [0.1, 0.15) is 0 Å². The Morgan fingerprint density at radius 3 is 3.20 bits per heavy atom. The molecule has 0 amide bonds. The molecule has 3 heteroatoms. The van der Waals surface area contributed by atoms with Gasteiger partial charge in [-0.1, -0.05) is 0 Å². The van der Waals surface area contributed by atoms with Crippen LogP contribution in [0.15, 0.2) is 12.3 Å². The minimum Gasteiger partial charge on any atom is -0.477 e. The maximum Gasteiger partial charge on any atom is 0.217 e. The molecule has 0 aromatic carbocycles. The van der Waals surface area contributed by atoms with Crippen molar-refractivity contribution in [3.05, 3.63) is 29.0 Å². The van der Waals surface area contributed by atoms with Crippen molar-refractivity contribution in [1.82, 2.24) is 4.98 Å². The molecule has 1 aromatic rings. The topological polar surface area (TPSA) is 45.9 Å². The zero-order chi connectivity index (χ0) is 10.3. The zero-order valence-corrected chi connectivity index (χ0v) is 8.29. The molecule has 1 aromatic heterocycles. The molecule has 0 saturated carbocycles. The first-order valence-corrected chi connectivity index (χ1v) is 5.12. The predicted octanol–water partition coefficient (Wildman–Crippen LogP) is 1.87. The summed E-state index contributed by atoms with van der Waals surface area (Å²) in [5.41, 5.74) is 4.85. The molecule has 1 aliphatic carbocycles. The Hall–Kier alpha value is -1.82. The van der Waals surface area contributed by atoms with Gasteiger partial charge in [-0.25, -0.2) is 4.98 Å². The van der Waals surface area contributed by atoms with Crippen LogP contribution in [0.25, 0.3) is 5.57 Å². The van der Waals surface area contributed by atoms with E-state index >= 15 is 0 Å². The van der Waals surface area contributed by atoms with E-state index in [0.29, 0.717) is 0 Å². The number of fused-ring (bicyclic) bond motifs is 3. The number of pyridine rings is 1. The highest BCUT2D eigenvalue weighted by Crippen LogP contribution is 2.39. The van der Waals surface area contributed by atoms with E-state index in [9.17, 15) is 0 Å². The van der Waals surface area contributed by atoms with E-state index < -0.39 is 0 Å². The van der Waals surface area contributed by atoms with Crippen LogP contribution in [0.5, 0.6) is 5.88 Å². The van der Waals surface area contributed by atoms with Crippen molar-refractivity contribution in [2.75, 3.05) is 6.61 Å². The zero-order valence-electron chi connectivity index (χ0n) is 8.29. The van der Waals surface area contributed by atoms with E-state index in [-0.39, 0.29) is 0 Å². The molecule has 74 valence electrons. The fourth-order valence-electron chi connectivity index (χ4n) is 2.39. The highest BCUT2D eigenvalue weighted by Gasteiger charge is 2.26. The average molecular weight is 198 g/mol. The summed E-state index contributed by atoms with van der Waals surface area (Å²) in [6.45, 7) is 0.721. The first kappa shape index (κ1) is 8.49. The summed E-state index contributed by atoms with van der Waals surface area (Å²) in [7, 11) is 0. The lowest BCUT2D eigenvalue weighted by Gasteiger charge is -2.05. The van der Waals surface area contributed by atoms with Crippen LogP contribution in [0.4, 0.5) is 0 Å². The highest BCUT2D eigenvalue weighted by molar-refractivity contribution is 5.77. The first-order valence-electron chi connectivity index (χ1n) is 5.12. The molecule has 0 spiro atoms. The van der Waals surface area contributed by atoms with Gasteiger partial charge in [-0.05, 0) is 29.5 Å². The van der Waals surface area contributed by atoms with E-state index in [1.165, 1.54) is 16.7 Å². The lowest BCUT2D eigenvalue weighted by molar-refractivity contribution is 0.344. The van der Waals surface area contributed by atoms with Gasteiger partial charge in [0.25, 0.3) is 0 Å². The van der Waals surface area contributed by atoms with Crippen molar-refractivity contribution < 1.29 is 4.74 Å². The van der Waals surface area contributed by atoms with Gasteiger partial charge < -0.3 is 4.74 Å². The number of hydrogen-bond acceptors (Lipinski definition) is 3. The van der Waals surface area contributed by atoms with Crippen LogP contribution in [0.2, 0.25) is 0 Å². The molecular weight excluding hydrogens is 188 g/mol. The number of ether oxygens (including phenoxy) is 1. The number of rotatable bonds is 0. The van der Waals surface area contributed by atoms with Crippen molar-refractivity contribution >= 4 is 5.57 Å². The third-order valence-corrected chi connectivity index (χ3v) is 3.03. The Balaban J connectivity index is 2.23. The van der Waals surface area contributed by atoms with Gasteiger partial charge in [-0.3, -0.25) is 0 Å². The van der Waals surface area contributed by atoms with Crippen molar-refractivity contribution in [3.63, 3.8) is 0 Å². The van der Waals surface area contributed by atoms with Gasteiger partial charge in [-0.2, -0.15) is 5.26 Å². The van der Waals surface area contributed by atoms with Crippen LogP contribution in [0.1, 0.15) is 23.1 Å². The Morgan fingerprint density at radius 2 is 2.33 bits per heavy atom. The van der Waals surface area contributed by atoms with Crippen LogP contribution < -0.4 is 4.74 Å². The maximum atomic E-state index is 8.73. The Kier molecular flexibility index (Phi) is 1.75. The predicted molar refractivity (Wildman–Crippen MR) is 55.3 cm³/mol. The van der Waals surface area contributed by atoms with Gasteiger partial charge in [0.05, 0.1) is 12.7 Å². The quantitative estimate of drug-likeness (QED) is 0.598. The Bertz CT molecular complexity index is 497. The van der Waals surface area contributed by atoms with Crippen LogP contribution in [0, 0.1) is 11.3 Å². The minimum absolute atomic E-state index is 0.721. The summed E-state index contributed by atoms with van der Waals surface area (Å²) in [5.74, 6) is 0.763. The molecule has 0 unspecified atom stereocenters. The fraction of sp³-hybridized carbons (Fsp3) is 0.333. The van der Waals surface area contributed by atoms with Gasteiger partial charge in [0.2, 0.25) is 5.88 Å². The number of aryl methyl sites for hydroxylation is 1. The van der Waals surface area contributed by atoms with Crippen LogP contribution in [-0.4, -0.2) is 11.6 Å². The standard InChI is InChI=1S/C12H10N2O/c13-5-3-8-1-2-9-7-14-12-10(11(8)9)4-6-15-12/h3,7H,1-2,4,6H2. The van der Waals surface area contributed by atoms with E-state index in [4.69, 9.17) is 10.00 Å². The normalized spacial score (nSPS) is 19.5. The number of aromatic nitrogens is 1. The molecule has 2 heterocycles. The van der Waals surface area contributed by atoms with Crippen LogP contribution >= 0.6 is 0 Å². The van der Waals surface area contributed by atoms with Gasteiger partial charge in [-0.15, -0.1) is 0 Å². The number of allylic oxidation sites excluding steroid dienone is 2. The van der Waals surface area contributed by atoms with E-state index in [1.807, 2.05) is 6.20 Å². The van der Waals surface area contributed by atoms with Gasteiger partial charge >= 0.3 is 0 Å². The molecule has 2 aliphatic rings. The Morgan fingerprint density at radius 1 is 1.40 bits per heavy atom. The van der Waals surface area contributed by atoms with Crippen molar-refractivity contribution in [1.29, 1.82) is 5.26 Å². The van der Waals surface area contributed by atoms with E-state index in [0.717, 1.165) is 37.3 Å². The molecule has 0 N–H and O–H groups in total.